The van der Waals surface area contributed by atoms with Gasteiger partial charge in [-0.1, -0.05) is 13.3 Å². The van der Waals surface area contributed by atoms with E-state index in [0.29, 0.717) is 12.5 Å². The fourth-order valence-corrected chi connectivity index (χ4v) is 1.85. The van der Waals surface area contributed by atoms with E-state index in [1.165, 1.54) is 0 Å². The Morgan fingerprint density at radius 2 is 2.46 bits per heavy atom. The largest absolute Gasteiger partial charge is 0.448 e. The van der Waals surface area contributed by atoms with Gasteiger partial charge in [-0.3, -0.25) is 0 Å². The maximum atomic E-state index is 11.1. The van der Waals surface area contributed by atoms with Gasteiger partial charge in [0, 0.05) is 6.54 Å². The number of rotatable bonds is 5. The first-order valence-electron chi connectivity index (χ1n) is 4.80. The molecular weight excluding hydrogens is 186 g/mol. The van der Waals surface area contributed by atoms with Crippen molar-refractivity contribution in [2.75, 3.05) is 25.4 Å². The molecule has 1 fully saturated rings. The summed E-state index contributed by atoms with van der Waals surface area (Å²) < 4.78 is 4.85. The molecule has 1 saturated heterocycles. The molecule has 1 heterocycles. The zero-order valence-corrected chi connectivity index (χ0v) is 8.93. The predicted molar refractivity (Wildman–Crippen MR) is 55.2 cm³/mol. The Bertz CT molecular complexity index is 175. The number of cyclic esters (lactones) is 1. The van der Waals surface area contributed by atoms with Crippen LogP contribution in [0, 0.1) is 5.92 Å². The molecule has 76 valence electrons. The number of hydrogen-bond acceptors (Lipinski definition) is 3. The Morgan fingerprint density at radius 1 is 1.69 bits per heavy atom. The molecule has 1 unspecified atom stereocenters. The summed E-state index contributed by atoms with van der Waals surface area (Å²) in [6.07, 6.45) is 2.12. The van der Waals surface area contributed by atoms with Crippen LogP contribution in [-0.2, 0) is 4.74 Å². The summed E-state index contributed by atoms with van der Waals surface area (Å²) >= 11 is 4.27. The van der Waals surface area contributed by atoms with E-state index in [1.54, 1.807) is 4.90 Å². The molecule has 0 radical (unpaired) electrons. The van der Waals surface area contributed by atoms with Crippen LogP contribution in [0.15, 0.2) is 0 Å². The van der Waals surface area contributed by atoms with Crippen LogP contribution in [0.2, 0.25) is 0 Å². The summed E-state index contributed by atoms with van der Waals surface area (Å²) in [6, 6.07) is 0. The molecule has 0 aromatic carbocycles. The fraction of sp³-hybridized carbons (Fsp3) is 0.889. The predicted octanol–water partition coefficient (Wildman–Crippen LogP) is 1.78. The Balaban J connectivity index is 2.31. The van der Waals surface area contributed by atoms with E-state index < -0.39 is 0 Å². The first kappa shape index (κ1) is 10.7. The standard InChI is InChI=1S/C9H17NO2S/c1-2-3-8(7-13)6-10-4-5-12-9(10)11/h8,13H,2-7H2,1H3. The molecular formula is C9H17NO2S. The third-order valence-corrected chi connectivity index (χ3v) is 2.80. The van der Waals surface area contributed by atoms with E-state index in [1.807, 2.05) is 0 Å². The zero-order valence-electron chi connectivity index (χ0n) is 8.03. The van der Waals surface area contributed by atoms with E-state index in [4.69, 9.17) is 4.74 Å². The molecule has 13 heavy (non-hydrogen) atoms. The van der Waals surface area contributed by atoms with Gasteiger partial charge in [0.15, 0.2) is 0 Å². The minimum absolute atomic E-state index is 0.164. The van der Waals surface area contributed by atoms with Crippen LogP contribution in [0.1, 0.15) is 19.8 Å². The summed E-state index contributed by atoms with van der Waals surface area (Å²) in [6.45, 7) is 4.24. The van der Waals surface area contributed by atoms with Crippen LogP contribution >= 0.6 is 12.6 Å². The summed E-state index contributed by atoms with van der Waals surface area (Å²) in [4.78, 5) is 12.9. The highest BCUT2D eigenvalue weighted by Gasteiger charge is 2.23. The maximum Gasteiger partial charge on any atom is 0.409 e. The van der Waals surface area contributed by atoms with Gasteiger partial charge in [-0.05, 0) is 18.1 Å². The first-order valence-corrected chi connectivity index (χ1v) is 5.43. The average Bonchev–Trinajstić information content (AvgIpc) is 2.51. The number of amides is 1. The van der Waals surface area contributed by atoms with Gasteiger partial charge >= 0.3 is 6.09 Å². The minimum Gasteiger partial charge on any atom is -0.448 e. The van der Waals surface area contributed by atoms with Gasteiger partial charge in [0.25, 0.3) is 0 Å². The summed E-state index contributed by atoms with van der Waals surface area (Å²) in [5.74, 6) is 1.36. The Kier molecular flexibility index (Phi) is 4.42. The van der Waals surface area contributed by atoms with E-state index in [0.717, 1.165) is 31.7 Å². The van der Waals surface area contributed by atoms with Gasteiger partial charge in [0.2, 0.25) is 0 Å². The molecule has 0 bridgehead atoms. The number of carbonyl (C=O) groups is 1. The van der Waals surface area contributed by atoms with Gasteiger partial charge in [0.05, 0.1) is 6.54 Å². The number of ether oxygens (including phenoxy) is 1. The van der Waals surface area contributed by atoms with Crippen molar-refractivity contribution in [1.82, 2.24) is 4.90 Å². The highest BCUT2D eigenvalue weighted by Crippen LogP contribution is 2.13. The van der Waals surface area contributed by atoms with Crippen molar-refractivity contribution >= 4 is 18.7 Å². The lowest BCUT2D eigenvalue weighted by molar-refractivity contribution is 0.154. The number of hydrogen-bond donors (Lipinski definition) is 1. The molecule has 1 rings (SSSR count). The second-order valence-corrected chi connectivity index (χ2v) is 3.76. The fourth-order valence-electron chi connectivity index (χ4n) is 1.55. The van der Waals surface area contributed by atoms with Gasteiger partial charge in [-0.2, -0.15) is 12.6 Å². The van der Waals surface area contributed by atoms with Crippen molar-refractivity contribution in [2.45, 2.75) is 19.8 Å². The molecule has 0 aromatic heterocycles. The van der Waals surface area contributed by atoms with Crippen LogP contribution in [0.5, 0.6) is 0 Å². The van der Waals surface area contributed by atoms with Crippen LogP contribution in [-0.4, -0.2) is 36.4 Å². The van der Waals surface area contributed by atoms with E-state index in [2.05, 4.69) is 19.6 Å². The Morgan fingerprint density at radius 3 is 2.92 bits per heavy atom. The molecule has 1 atom stereocenters. The highest BCUT2D eigenvalue weighted by atomic mass is 32.1. The molecule has 0 aliphatic carbocycles. The molecule has 0 N–H and O–H groups in total. The number of nitrogens with zero attached hydrogens (tertiary/aromatic N) is 1. The third kappa shape index (κ3) is 3.10. The molecule has 0 spiro atoms. The quantitative estimate of drug-likeness (QED) is 0.690. The number of thiol groups is 1. The maximum absolute atomic E-state index is 11.1. The van der Waals surface area contributed by atoms with Gasteiger partial charge in [0.1, 0.15) is 6.61 Å². The third-order valence-electron chi connectivity index (χ3n) is 2.28. The van der Waals surface area contributed by atoms with Crippen LogP contribution in [0.25, 0.3) is 0 Å². The van der Waals surface area contributed by atoms with Gasteiger partial charge < -0.3 is 9.64 Å². The summed E-state index contributed by atoms with van der Waals surface area (Å²) in [7, 11) is 0. The Hall–Kier alpha value is -0.380. The first-order chi connectivity index (χ1) is 6.27. The summed E-state index contributed by atoms with van der Waals surface area (Å²) in [5, 5.41) is 0. The molecule has 0 aromatic rings. The summed E-state index contributed by atoms with van der Waals surface area (Å²) in [5.41, 5.74) is 0. The molecule has 1 aliphatic heterocycles. The monoisotopic (exact) mass is 203 g/mol. The van der Waals surface area contributed by atoms with Gasteiger partial charge in [-0.25, -0.2) is 4.79 Å². The lowest BCUT2D eigenvalue weighted by atomic mass is 10.1. The second-order valence-electron chi connectivity index (χ2n) is 3.40. The molecule has 1 amide bonds. The highest BCUT2D eigenvalue weighted by molar-refractivity contribution is 7.80. The number of carbonyl (C=O) groups excluding carboxylic acids is 1. The van der Waals surface area contributed by atoms with E-state index in [-0.39, 0.29) is 6.09 Å². The SMILES string of the molecule is CCCC(CS)CN1CCOC1=O. The van der Waals surface area contributed by atoms with Crippen LogP contribution in [0.3, 0.4) is 0 Å². The van der Waals surface area contributed by atoms with Crippen molar-refractivity contribution < 1.29 is 9.53 Å². The Labute approximate surface area is 84.8 Å². The van der Waals surface area contributed by atoms with Crippen LogP contribution in [0.4, 0.5) is 4.79 Å². The lowest BCUT2D eigenvalue weighted by Crippen LogP contribution is -2.31. The van der Waals surface area contributed by atoms with E-state index in [9.17, 15) is 4.79 Å². The van der Waals surface area contributed by atoms with Crippen LogP contribution < -0.4 is 0 Å². The molecule has 3 nitrogen and oxygen atoms in total. The van der Waals surface area contributed by atoms with Crippen molar-refractivity contribution in [2.24, 2.45) is 5.92 Å². The van der Waals surface area contributed by atoms with Crippen molar-refractivity contribution in [3.05, 3.63) is 0 Å². The zero-order chi connectivity index (χ0) is 9.68. The van der Waals surface area contributed by atoms with E-state index >= 15 is 0 Å². The lowest BCUT2D eigenvalue weighted by Gasteiger charge is -2.19. The molecule has 4 heteroatoms. The average molecular weight is 203 g/mol. The smallest absolute Gasteiger partial charge is 0.409 e. The molecule has 1 aliphatic rings. The van der Waals surface area contributed by atoms with Crippen molar-refractivity contribution in [3.63, 3.8) is 0 Å². The second kappa shape index (κ2) is 5.37. The van der Waals surface area contributed by atoms with Crippen molar-refractivity contribution in [3.8, 4) is 0 Å². The normalized spacial score (nSPS) is 18.9. The molecule has 0 saturated carbocycles. The topological polar surface area (TPSA) is 29.5 Å². The minimum atomic E-state index is -0.164. The van der Waals surface area contributed by atoms with Gasteiger partial charge in [-0.15, -0.1) is 0 Å². The van der Waals surface area contributed by atoms with Crippen molar-refractivity contribution in [1.29, 1.82) is 0 Å².